The van der Waals surface area contributed by atoms with E-state index in [0.717, 1.165) is 44.1 Å². The average Bonchev–Trinajstić information content (AvgIpc) is 2.73. The van der Waals surface area contributed by atoms with E-state index < -0.39 is 12.2 Å². The number of nitrogens with zero attached hydrogens (tertiary/aromatic N) is 2. The lowest BCUT2D eigenvalue weighted by Crippen LogP contribution is -2.27. The third kappa shape index (κ3) is 3.11. The zero-order valence-corrected chi connectivity index (χ0v) is 11.9. The maximum atomic E-state index is 11.7. The third-order valence-corrected chi connectivity index (χ3v) is 3.83. The molecule has 1 amide bonds. The van der Waals surface area contributed by atoms with Crippen molar-refractivity contribution in [3.05, 3.63) is 24.3 Å². The number of amides is 1. The number of carbonyl (C=O) groups is 1. The molecule has 6 nitrogen and oxygen atoms in total. The monoisotopic (exact) mass is 292 g/mol. The van der Waals surface area contributed by atoms with Gasteiger partial charge in [-0.15, -0.1) is 0 Å². The number of hydrogen-bond donors (Lipinski definition) is 1. The van der Waals surface area contributed by atoms with Crippen LogP contribution in [0.5, 0.6) is 0 Å². The average molecular weight is 292 g/mol. The Balaban J connectivity index is 1.70. The number of benzene rings is 1. The highest BCUT2D eigenvalue weighted by Gasteiger charge is 2.31. The van der Waals surface area contributed by atoms with Crippen molar-refractivity contribution in [2.45, 2.75) is 12.5 Å². The molecule has 1 aromatic rings. The van der Waals surface area contributed by atoms with Gasteiger partial charge in [-0.1, -0.05) is 0 Å². The van der Waals surface area contributed by atoms with Crippen molar-refractivity contribution >= 4 is 17.5 Å². The third-order valence-electron chi connectivity index (χ3n) is 3.83. The minimum Gasteiger partial charge on any atom is -0.441 e. The van der Waals surface area contributed by atoms with Crippen LogP contribution in [-0.4, -0.2) is 56.8 Å². The molecule has 2 heterocycles. The lowest BCUT2D eigenvalue weighted by atomic mass is 10.2. The Hall–Kier alpha value is -1.79. The van der Waals surface area contributed by atoms with E-state index in [1.807, 2.05) is 24.3 Å². The van der Waals surface area contributed by atoms with E-state index >= 15 is 0 Å². The summed E-state index contributed by atoms with van der Waals surface area (Å²) >= 11 is 0. The lowest BCUT2D eigenvalue weighted by molar-refractivity contribution is 0.0963. The molecule has 0 bridgehead atoms. The van der Waals surface area contributed by atoms with E-state index in [9.17, 15) is 4.79 Å². The van der Waals surface area contributed by atoms with Gasteiger partial charge in [0.1, 0.15) is 6.10 Å². The second-order valence-electron chi connectivity index (χ2n) is 5.27. The van der Waals surface area contributed by atoms with Crippen LogP contribution in [0.4, 0.5) is 16.2 Å². The molecule has 6 heteroatoms. The van der Waals surface area contributed by atoms with Crippen LogP contribution < -0.4 is 9.80 Å². The van der Waals surface area contributed by atoms with Gasteiger partial charge in [0.25, 0.3) is 0 Å². The first-order chi connectivity index (χ1) is 10.3. The summed E-state index contributed by atoms with van der Waals surface area (Å²) in [7, 11) is 0. The molecule has 2 saturated heterocycles. The number of ether oxygens (including phenoxy) is 2. The Kier molecular flexibility index (Phi) is 4.26. The summed E-state index contributed by atoms with van der Waals surface area (Å²) in [6, 6.07) is 7.87. The van der Waals surface area contributed by atoms with Gasteiger partial charge in [0, 0.05) is 31.1 Å². The van der Waals surface area contributed by atoms with Crippen molar-refractivity contribution in [2.24, 2.45) is 0 Å². The summed E-state index contributed by atoms with van der Waals surface area (Å²) in [5.74, 6) is 0. The zero-order valence-electron chi connectivity index (χ0n) is 11.9. The molecule has 2 aliphatic heterocycles. The maximum absolute atomic E-state index is 11.7. The molecule has 3 rings (SSSR count). The second-order valence-corrected chi connectivity index (χ2v) is 5.27. The minimum atomic E-state index is -0.431. The molecule has 2 fully saturated rings. The zero-order chi connectivity index (χ0) is 14.7. The summed E-state index contributed by atoms with van der Waals surface area (Å²) in [5.41, 5.74) is 1.93. The van der Waals surface area contributed by atoms with Crippen LogP contribution in [0, 0.1) is 0 Å². The fraction of sp³-hybridized carbons (Fsp3) is 0.533. The van der Waals surface area contributed by atoms with E-state index in [4.69, 9.17) is 14.6 Å². The van der Waals surface area contributed by atoms with Gasteiger partial charge in [0.05, 0.1) is 19.8 Å². The molecule has 0 saturated carbocycles. The van der Waals surface area contributed by atoms with Crippen molar-refractivity contribution in [3.63, 3.8) is 0 Å². The van der Waals surface area contributed by atoms with E-state index in [1.54, 1.807) is 4.90 Å². The molecule has 0 spiro atoms. The summed E-state index contributed by atoms with van der Waals surface area (Å²) < 4.78 is 10.5. The predicted molar refractivity (Wildman–Crippen MR) is 78.8 cm³/mol. The second kappa shape index (κ2) is 6.32. The van der Waals surface area contributed by atoms with Crippen LogP contribution in [0.3, 0.4) is 0 Å². The Morgan fingerprint density at radius 2 is 1.90 bits per heavy atom. The van der Waals surface area contributed by atoms with Crippen LogP contribution in [0.1, 0.15) is 6.42 Å². The van der Waals surface area contributed by atoms with Gasteiger partial charge >= 0.3 is 6.09 Å². The molecule has 1 aromatic carbocycles. The van der Waals surface area contributed by atoms with Crippen LogP contribution in [0.2, 0.25) is 0 Å². The number of aliphatic hydroxyl groups is 1. The highest BCUT2D eigenvalue weighted by Crippen LogP contribution is 2.25. The molecule has 21 heavy (non-hydrogen) atoms. The summed E-state index contributed by atoms with van der Waals surface area (Å²) in [5, 5.41) is 9.07. The van der Waals surface area contributed by atoms with E-state index in [1.165, 1.54) is 0 Å². The summed E-state index contributed by atoms with van der Waals surface area (Å²) in [6.45, 7) is 3.69. The van der Waals surface area contributed by atoms with E-state index in [0.29, 0.717) is 6.54 Å². The quantitative estimate of drug-likeness (QED) is 0.908. The van der Waals surface area contributed by atoms with Gasteiger partial charge < -0.3 is 19.5 Å². The van der Waals surface area contributed by atoms with Gasteiger partial charge in [-0.3, -0.25) is 4.90 Å². The van der Waals surface area contributed by atoms with Crippen molar-refractivity contribution in [2.75, 3.05) is 49.3 Å². The fourth-order valence-electron chi connectivity index (χ4n) is 2.68. The Morgan fingerprint density at radius 3 is 2.62 bits per heavy atom. The van der Waals surface area contributed by atoms with Crippen LogP contribution >= 0.6 is 0 Å². The molecule has 0 radical (unpaired) electrons. The number of aliphatic hydroxyl groups excluding tert-OH is 1. The Bertz CT molecular complexity index is 483. The number of anilines is 2. The number of rotatable bonds is 3. The number of hydrogen-bond acceptors (Lipinski definition) is 5. The Labute approximate surface area is 123 Å². The minimum absolute atomic E-state index is 0.145. The molecule has 2 aliphatic rings. The highest BCUT2D eigenvalue weighted by molar-refractivity contribution is 5.90. The van der Waals surface area contributed by atoms with Gasteiger partial charge in [-0.2, -0.15) is 0 Å². The first kappa shape index (κ1) is 14.2. The lowest BCUT2D eigenvalue weighted by Gasteiger charge is -2.22. The maximum Gasteiger partial charge on any atom is 0.414 e. The van der Waals surface area contributed by atoms with Crippen LogP contribution in [0.25, 0.3) is 0 Å². The highest BCUT2D eigenvalue weighted by atomic mass is 16.6. The molecule has 0 aliphatic carbocycles. The van der Waals surface area contributed by atoms with Crippen molar-refractivity contribution in [1.29, 1.82) is 0 Å². The van der Waals surface area contributed by atoms with Gasteiger partial charge in [-0.25, -0.2) is 4.79 Å². The Morgan fingerprint density at radius 1 is 1.14 bits per heavy atom. The molecule has 1 atom stereocenters. The molecule has 114 valence electrons. The van der Waals surface area contributed by atoms with E-state index in [2.05, 4.69) is 4.90 Å². The van der Waals surface area contributed by atoms with Crippen molar-refractivity contribution < 1.29 is 19.4 Å². The smallest absolute Gasteiger partial charge is 0.414 e. The molecular formula is C15H20N2O4. The van der Waals surface area contributed by atoms with Gasteiger partial charge in [0.15, 0.2) is 0 Å². The SMILES string of the molecule is O=C1OC(CO)CN1c1ccc(N2CCCOCC2)cc1. The van der Waals surface area contributed by atoms with Crippen molar-refractivity contribution in [1.82, 2.24) is 0 Å². The fourth-order valence-corrected chi connectivity index (χ4v) is 2.68. The molecule has 1 unspecified atom stereocenters. The molecular weight excluding hydrogens is 272 g/mol. The van der Waals surface area contributed by atoms with E-state index in [-0.39, 0.29) is 6.61 Å². The summed E-state index contributed by atoms with van der Waals surface area (Å²) in [6.07, 6.45) is 0.197. The van der Waals surface area contributed by atoms with Crippen LogP contribution in [-0.2, 0) is 9.47 Å². The first-order valence-corrected chi connectivity index (χ1v) is 7.29. The largest absolute Gasteiger partial charge is 0.441 e. The van der Waals surface area contributed by atoms with Crippen molar-refractivity contribution in [3.8, 4) is 0 Å². The van der Waals surface area contributed by atoms with Crippen LogP contribution in [0.15, 0.2) is 24.3 Å². The van der Waals surface area contributed by atoms with Gasteiger partial charge in [0.2, 0.25) is 0 Å². The summed E-state index contributed by atoms with van der Waals surface area (Å²) in [4.78, 5) is 15.6. The molecule has 0 aromatic heterocycles. The van der Waals surface area contributed by atoms with Gasteiger partial charge in [-0.05, 0) is 30.7 Å². The normalized spacial score (nSPS) is 23.1. The topological polar surface area (TPSA) is 62.2 Å². The molecule has 1 N–H and O–H groups in total. The standard InChI is InChI=1S/C15H20N2O4/c18-11-14-10-17(15(19)21-14)13-4-2-12(3-5-13)16-6-1-8-20-9-7-16/h2-5,14,18H,1,6-11H2. The predicted octanol–water partition coefficient (Wildman–Crippen LogP) is 1.23. The first-order valence-electron chi connectivity index (χ1n) is 7.29. The number of cyclic esters (lactones) is 1. The number of carbonyl (C=O) groups excluding carboxylic acids is 1.